The molecule has 0 fully saturated rings. The zero-order valence-electron chi connectivity index (χ0n) is 10.7. The minimum absolute atomic E-state index is 0.383. The molecule has 0 saturated carbocycles. The molecule has 0 atom stereocenters. The summed E-state index contributed by atoms with van der Waals surface area (Å²) in [5.41, 5.74) is 8.05. The number of rotatable bonds is 1. The quantitative estimate of drug-likeness (QED) is 0.495. The number of aromatic nitrogens is 1. The van der Waals surface area contributed by atoms with Crippen LogP contribution in [-0.4, -0.2) is 18.1 Å². The maximum Gasteiger partial charge on any atom is 0.234 e. The Labute approximate surface area is 121 Å². The first-order valence-electron chi connectivity index (χ1n) is 5.50. The van der Waals surface area contributed by atoms with Crippen LogP contribution in [0.15, 0.2) is 41.5 Å². The van der Waals surface area contributed by atoms with Crippen LogP contribution < -0.4 is 5.73 Å². The first kappa shape index (κ1) is 15.4. The molecule has 1 aromatic carbocycles. The number of benzene rings is 1. The molecule has 0 bridgehead atoms. The number of pyridine rings is 1. The summed E-state index contributed by atoms with van der Waals surface area (Å²) in [6.45, 7) is 0. The van der Waals surface area contributed by atoms with Gasteiger partial charge < -0.3 is 5.73 Å². The highest BCUT2D eigenvalue weighted by atomic mass is 35.5. The minimum Gasteiger partial charge on any atom is -0.399 e. The first-order valence-corrected chi connectivity index (χ1v) is 5.88. The fourth-order valence-corrected chi connectivity index (χ4v) is 1.59. The lowest BCUT2D eigenvalue weighted by Gasteiger charge is -2.04. The molecule has 6 heteroatoms. The third-order valence-electron chi connectivity index (χ3n) is 2.29. The zero-order chi connectivity index (χ0) is 15.0. The van der Waals surface area contributed by atoms with Gasteiger partial charge in [0.1, 0.15) is 6.07 Å². The van der Waals surface area contributed by atoms with Gasteiger partial charge in [0.15, 0.2) is 0 Å². The van der Waals surface area contributed by atoms with Gasteiger partial charge in [-0.2, -0.15) is 5.26 Å². The molecule has 0 aliphatic carbocycles. The highest BCUT2D eigenvalue weighted by Gasteiger charge is 2.09. The van der Waals surface area contributed by atoms with Crippen molar-refractivity contribution in [2.24, 2.45) is 4.99 Å². The topological polar surface area (TPSA) is 92.1 Å². The molecule has 2 aromatic rings. The Balaban J connectivity index is 0.000000444. The number of carbonyl (C=O) groups excluding carboxylic acids is 1. The van der Waals surface area contributed by atoms with Crippen LogP contribution in [0.5, 0.6) is 0 Å². The SMILES string of the molecule is CN=C=O.N#Cc1c(Cl)ccnc1-c1ccc(N)cc1. The van der Waals surface area contributed by atoms with E-state index in [-0.39, 0.29) is 0 Å². The van der Waals surface area contributed by atoms with Crippen molar-refractivity contribution in [3.63, 3.8) is 0 Å². The van der Waals surface area contributed by atoms with Crippen LogP contribution in [0.2, 0.25) is 5.02 Å². The van der Waals surface area contributed by atoms with Crippen molar-refractivity contribution < 1.29 is 4.79 Å². The standard InChI is InChI=1S/C12H8ClN3.C2H3NO/c13-11-5-6-16-12(10(11)7-14)8-1-3-9(15)4-2-8;1-3-2-4/h1-6H,15H2;1H3. The van der Waals surface area contributed by atoms with Crippen LogP contribution in [0.1, 0.15) is 5.56 Å². The molecular formula is C14H11ClN4O. The molecule has 100 valence electrons. The number of nitrogens with zero attached hydrogens (tertiary/aromatic N) is 3. The van der Waals surface area contributed by atoms with Gasteiger partial charge >= 0.3 is 0 Å². The molecule has 0 aliphatic rings. The lowest BCUT2D eigenvalue weighted by molar-refractivity contribution is 0.564. The predicted molar refractivity (Wildman–Crippen MR) is 77.9 cm³/mol. The summed E-state index contributed by atoms with van der Waals surface area (Å²) in [6, 6.07) is 10.8. The van der Waals surface area contributed by atoms with Gasteiger partial charge in [0.25, 0.3) is 0 Å². The van der Waals surface area contributed by atoms with Gasteiger partial charge in [-0.15, -0.1) is 0 Å². The molecule has 0 spiro atoms. The van der Waals surface area contributed by atoms with Crippen LogP contribution >= 0.6 is 11.6 Å². The molecule has 0 aliphatic heterocycles. The number of nitriles is 1. The number of nitrogen functional groups attached to an aromatic ring is 1. The van der Waals surface area contributed by atoms with Crippen molar-refractivity contribution in [1.29, 1.82) is 5.26 Å². The second-order valence-corrected chi connectivity index (χ2v) is 3.97. The van der Waals surface area contributed by atoms with Crippen molar-refractivity contribution in [1.82, 2.24) is 4.98 Å². The molecule has 20 heavy (non-hydrogen) atoms. The Morgan fingerprint density at radius 1 is 1.30 bits per heavy atom. The largest absolute Gasteiger partial charge is 0.399 e. The summed E-state index contributed by atoms with van der Waals surface area (Å²) in [5, 5.41) is 9.42. The first-order chi connectivity index (χ1) is 9.63. The van der Waals surface area contributed by atoms with Crippen molar-refractivity contribution in [2.75, 3.05) is 12.8 Å². The highest BCUT2D eigenvalue weighted by molar-refractivity contribution is 6.32. The number of isocyanates is 1. The van der Waals surface area contributed by atoms with Crippen LogP contribution in [0.3, 0.4) is 0 Å². The number of halogens is 1. The van der Waals surface area contributed by atoms with Crippen LogP contribution in [-0.2, 0) is 4.79 Å². The zero-order valence-corrected chi connectivity index (χ0v) is 11.4. The molecule has 1 aromatic heterocycles. The van der Waals surface area contributed by atoms with Gasteiger partial charge in [-0.1, -0.05) is 23.7 Å². The van der Waals surface area contributed by atoms with E-state index in [4.69, 9.17) is 27.4 Å². The van der Waals surface area contributed by atoms with E-state index in [1.165, 1.54) is 13.1 Å². The van der Waals surface area contributed by atoms with E-state index in [1.54, 1.807) is 24.4 Å². The second-order valence-electron chi connectivity index (χ2n) is 3.57. The average Bonchev–Trinajstić information content (AvgIpc) is 2.48. The third kappa shape index (κ3) is 3.92. The minimum atomic E-state index is 0.383. The monoisotopic (exact) mass is 286 g/mol. The van der Waals surface area contributed by atoms with Crippen molar-refractivity contribution in [3.8, 4) is 17.3 Å². The van der Waals surface area contributed by atoms with Gasteiger partial charge in [-0.05, 0) is 18.2 Å². The normalized spacial score (nSPS) is 8.65. The molecule has 5 nitrogen and oxygen atoms in total. The molecule has 2 N–H and O–H groups in total. The Morgan fingerprint density at radius 3 is 2.40 bits per heavy atom. The van der Waals surface area contributed by atoms with Crippen molar-refractivity contribution in [2.45, 2.75) is 0 Å². The highest BCUT2D eigenvalue weighted by Crippen LogP contribution is 2.26. The predicted octanol–water partition coefficient (Wildman–Crippen LogP) is 2.81. The van der Waals surface area contributed by atoms with E-state index in [0.29, 0.717) is 22.0 Å². The summed E-state index contributed by atoms with van der Waals surface area (Å²) in [5.74, 6) is 0. The lowest BCUT2D eigenvalue weighted by Crippen LogP contribution is -1.90. The van der Waals surface area contributed by atoms with Crippen LogP contribution in [0.25, 0.3) is 11.3 Å². The maximum absolute atomic E-state index is 9.02. The summed E-state index contributed by atoms with van der Waals surface area (Å²) in [6.07, 6.45) is 2.88. The maximum atomic E-state index is 9.02. The fourth-order valence-electron chi connectivity index (χ4n) is 1.40. The molecule has 0 unspecified atom stereocenters. The molecule has 0 saturated heterocycles. The third-order valence-corrected chi connectivity index (χ3v) is 2.60. The van der Waals surface area contributed by atoms with E-state index in [2.05, 4.69) is 16.0 Å². The van der Waals surface area contributed by atoms with E-state index in [1.807, 2.05) is 12.1 Å². The van der Waals surface area contributed by atoms with Gasteiger partial charge in [0.2, 0.25) is 6.08 Å². The summed E-state index contributed by atoms with van der Waals surface area (Å²) in [4.78, 5) is 16.0. The van der Waals surface area contributed by atoms with E-state index >= 15 is 0 Å². The molecule has 0 radical (unpaired) electrons. The van der Waals surface area contributed by atoms with E-state index in [9.17, 15) is 0 Å². The Kier molecular flexibility index (Phi) is 5.92. The van der Waals surface area contributed by atoms with Crippen molar-refractivity contribution >= 4 is 23.4 Å². The summed E-state index contributed by atoms with van der Waals surface area (Å²) < 4.78 is 0. The van der Waals surface area contributed by atoms with E-state index in [0.717, 1.165) is 5.56 Å². The smallest absolute Gasteiger partial charge is 0.234 e. The number of anilines is 1. The lowest BCUT2D eigenvalue weighted by atomic mass is 10.1. The second kappa shape index (κ2) is 7.70. The number of nitrogens with two attached hydrogens (primary N) is 1. The summed E-state index contributed by atoms with van der Waals surface area (Å²) in [7, 11) is 1.38. The molecular weight excluding hydrogens is 276 g/mol. The molecule has 0 amide bonds. The Hall–Kier alpha value is -2.67. The van der Waals surface area contributed by atoms with Gasteiger partial charge in [-0.25, -0.2) is 9.79 Å². The number of aliphatic imine (C=N–C) groups is 1. The van der Waals surface area contributed by atoms with Crippen LogP contribution in [0.4, 0.5) is 5.69 Å². The summed E-state index contributed by atoms with van der Waals surface area (Å²) >= 11 is 5.92. The van der Waals surface area contributed by atoms with Gasteiger partial charge in [0, 0.05) is 24.5 Å². The van der Waals surface area contributed by atoms with Crippen LogP contribution in [0, 0.1) is 11.3 Å². The van der Waals surface area contributed by atoms with E-state index < -0.39 is 0 Å². The molecule has 1 heterocycles. The Morgan fingerprint density at radius 2 is 1.90 bits per heavy atom. The van der Waals surface area contributed by atoms with Crippen molar-refractivity contribution in [3.05, 3.63) is 47.1 Å². The Bertz CT molecular complexity index is 671. The van der Waals surface area contributed by atoms with Gasteiger partial charge in [-0.3, -0.25) is 4.98 Å². The average molecular weight is 287 g/mol. The number of hydrogen-bond donors (Lipinski definition) is 1. The number of hydrogen-bond acceptors (Lipinski definition) is 5. The van der Waals surface area contributed by atoms with Gasteiger partial charge in [0.05, 0.1) is 16.3 Å². The fraction of sp³-hybridized carbons (Fsp3) is 0.0714. The molecule has 2 rings (SSSR count).